The third-order valence-electron chi connectivity index (χ3n) is 5.10. The van der Waals surface area contributed by atoms with Crippen LogP contribution < -0.4 is 19.9 Å². The number of ketones is 1. The summed E-state index contributed by atoms with van der Waals surface area (Å²) in [6, 6.07) is 12.0. The standard InChI is InChI=1S/C24H25N5O4/c1-16(2)7-4-3-5-14-31-18-12-10-17(11-13-18)21(30)19-8-6-9-20-22(19)33-24(25,15-32-20)23-26-28-29-27-23/h6,8-13,16H,4,7,14-15,25H2,1-2H3,(H,26,27,28,29). The molecule has 33 heavy (non-hydrogen) atoms. The van der Waals surface area contributed by atoms with Crippen molar-refractivity contribution < 1.29 is 19.0 Å². The van der Waals surface area contributed by atoms with Crippen LogP contribution in [0.2, 0.25) is 0 Å². The van der Waals surface area contributed by atoms with E-state index in [0.29, 0.717) is 35.2 Å². The highest BCUT2D eigenvalue weighted by atomic mass is 16.6. The molecule has 1 aromatic heterocycles. The number of carbonyl (C=O) groups is 1. The number of nitrogens with zero attached hydrogens (tertiary/aromatic N) is 3. The van der Waals surface area contributed by atoms with E-state index < -0.39 is 5.72 Å². The smallest absolute Gasteiger partial charge is 0.254 e. The quantitative estimate of drug-likeness (QED) is 0.418. The lowest BCUT2D eigenvalue weighted by Crippen LogP contribution is -2.51. The number of para-hydroxylation sites is 1. The molecular weight excluding hydrogens is 422 g/mol. The summed E-state index contributed by atoms with van der Waals surface area (Å²) in [5, 5.41) is 13.5. The summed E-state index contributed by atoms with van der Waals surface area (Å²) in [6.07, 6.45) is 1.93. The average molecular weight is 447 g/mol. The Morgan fingerprint density at radius 3 is 2.79 bits per heavy atom. The average Bonchev–Trinajstić information content (AvgIpc) is 3.37. The maximum Gasteiger partial charge on any atom is 0.254 e. The van der Waals surface area contributed by atoms with Crippen molar-refractivity contribution in [3.05, 3.63) is 59.4 Å². The zero-order valence-corrected chi connectivity index (χ0v) is 18.5. The first-order chi connectivity index (χ1) is 16.0. The van der Waals surface area contributed by atoms with Crippen LogP contribution in [0.4, 0.5) is 0 Å². The van der Waals surface area contributed by atoms with E-state index in [-0.39, 0.29) is 24.0 Å². The van der Waals surface area contributed by atoms with Gasteiger partial charge in [0.15, 0.2) is 17.3 Å². The van der Waals surface area contributed by atoms with Crippen LogP contribution in [0.5, 0.6) is 17.2 Å². The van der Waals surface area contributed by atoms with Crippen LogP contribution in [-0.2, 0) is 5.72 Å². The van der Waals surface area contributed by atoms with Gasteiger partial charge in [-0.15, -0.1) is 5.10 Å². The van der Waals surface area contributed by atoms with Gasteiger partial charge in [0, 0.05) is 12.0 Å². The number of aromatic nitrogens is 4. The van der Waals surface area contributed by atoms with Crippen molar-refractivity contribution in [3.8, 4) is 29.1 Å². The van der Waals surface area contributed by atoms with E-state index >= 15 is 0 Å². The first-order valence-corrected chi connectivity index (χ1v) is 10.7. The van der Waals surface area contributed by atoms with Gasteiger partial charge in [-0.05, 0) is 59.2 Å². The van der Waals surface area contributed by atoms with Gasteiger partial charge in [0.05, 0.1) is 5.56 Å². The lowest BCUT2D eigenvalue weighted by atomic mass is 10.0. The van der Waals surface area contributed by atoms with Gasteiger partial charge in [0.1, 0.15) is 19.0 Å². The Balaban J connectivity index is 1.46. The normalized spacial score (nSPS) is 16.7. The Bertz CT molecular complexity index is 1170. The van der Waals surface area contributed by atoms with Crippen molar-refractivity contribution >= 4 is 5.78 Å². The van der Waals surface area contributed by atoms with Gasteiger partial charge >= 0.3 is 0 Å². The molecule has 3 N–H and O–H groups in total. The largest absolute Gasteiger partial charge is 0.483 e. The second-order valence-electron chi connectivity index (χ2n) is 8.09. The molecule has 1 aliphatic heterocycles. The molecule has 170 valence electrons. The first kappa shape index (κ1) is 22.3. The Kier molecular flexibility index (Phi) is 6.56. The van der Waals surface area contributed by atoms with Crippen LogP contribution in [0.3, 0.4) is 0 Å². The zero-order valence-electron chi connectivity index (χ0n) is 18.5. The number of tetrazole rings is 1. The maximum absolute atomic E-state index is 13.2. The predicted octanol–water partition coefficient (Wildman–Crippen LogP) is 2.83. The predicted molar refractivity (Wildman–Crippen MR) is 120 cm³/mol. The highest BCUT2D eigenvalue weighted by Crippen LogP contribution is 2.40. The van der Waals surface area contributed by atoms with E-state index in [1.54, 1.807) is 42.5 Å². The van der Waals surface area contributed by atoms with E-state index in [4.69, 9.17) is 19.9 Å². The molecule has 2 aromatic carbocycles. The van der Waals surface area contributed by atoms with E-state index in [1.165, 1.54) is 0 Å². The highest BCUT2D eigenvalue weighted by molar-refractivity contribution is 6.11. The van der Waals surface area contributed by atoms with Gasteiger partial charge in [-0.3, -0.25) is 10.5 Å². The second kappa shape index (κ2) is 9.71. The van der Waals surface area contributed by atoms with Crippen molar-refractivity contribution in [2.24, 2.45) is 11.7 Å². The van der Waals surface area contributed by atoms with Crippen molar-refractivity contribution in [1.82, 2.24) is 20.6 Å². The number of carbonyl (C=O) groups excluding carboxylic acids is 1. The summed E-state index contributed by atoms with van der Waals surface area (Å²) in [6.45, 7) is 4.64. The summed E-state index contributed by atoms with van der Waals surface area (Å²) in [5.41, 5.74) is 5.64. The number of nitrogens with two attached hydrogens (primary N) is 1. The molecule has 0 aliphatic carbocycles. The molecular formula is C24H25N5O4. The van der Waals surface area contributed by atoms with Gasteiger partial charge in [0.25, 0.3) is 5.72 Å². The molecule has 1 atom stereocenters. The number of H-pyrrole nitrogens is 1. The molecule has 3 aromatic rings. The number of rotatable bonds is 7. The van der Waals surface area contributed by atoms with E-state index in [0.717, 1.165) is 12.8 Å². The fourth-order valence-electron chi connectivity index (χ4n) is 3.24. The molecule has 0 saturated heterocycles. The third kappa shape index (κ3) is 5.13. The summed E-state index contributed by atoms with van der Waals surface area (Å²) in [4.78, 5) is 13.2. The van der Waals surface area contributed by atoms with Crippen LogP contribution in [0.25, 0.3) is 0 Å². The Morgan fingerprint density at radius 2 is 2.06 bits per heavy atom. The Labute approximate surface area is 191 Å². The molecule has 9 heteroatoms. The summed E-state index contributed by atoms with van der Waals surface area (Å²) >= 11 is 0. The minimum absolute atomic E-state index is 0.0130. The molecule has 0 amide bonds. The molecule has 0 spiro atoms. The van der Waals surface area contributed by atoms with Crippen LogP contribution in [-0.4, -0.2) is 39.6 Å². The molecule has 0 bridgehead atoms. The van der Waals surface area contributed by atoms with E-state index in [9.17, 15) is 4.79 Å². The van der Waals surface area contributed by atoms with Crippen molar-refractivity contribution in [2.75, 3.05) is 13.2 Å². The number of aromatic amines is 1. The zero-order chi connectivity index (χ0) is 23.3. The molecule has 0 radical (unpaired) electrons. The summed E-state index contributed by atoms with van der Waals surface area (Å²) in [5.74, 6) is 8.01. The summed E-state index contributed by atoms with van der Waals surface area (Å²) in [7, 11) is 0. The number of ether oxygens (including phenoxy) is 3. The van der Waals surface area contributed by atoms with Gasteiger partial charge in [-0.25, -0.2) is 5.10 Å². The molecule has 2 heterocycles. The Hall–Kier alpha value is -3.90. The lowest BCUT2D eigenvalue weighted by Gasteiger charge is -2.33. The molecule has 1 aliphatic rings. The SMILES string of the molecule is CC(C)CCC#CCOc1ccc(C(=O)c2cccc3c2OC(N)(c2nnn[nH]2)CO3)cc1. The van der Waals surface area contributed by atoms with Gasteiger partial charge in [-0.1, -0.05) is 31.8 Å². The molecule has 1 unspecified atom stereocenters. The number of hydrogen-bond acceptors (Lipinski definition) is 8. The van der Waals surface area contributed by atoms with Crippen LogP contribution in [0.15, 0.2) is 42.5 Å². The first-order valence-electron chi connectivity index (χ1n) is 10.7. The molecule has 9 nitrogen and oxygen atoms in total. The fraction of sp³-hybridized carbons (Fsp3) is 0.333. The van der Waals surface area contributed by atoms with Crippen LogP contribution in [0, 0.1) is 17.8 Å². The van der Waals surface area contributed by atoms with E-state index in [2.05, 4.69) is 46.3 Å². The number of fused-ring (bicyclic) bond motifs is 1. The second-order valence-corrected chi connectivity index (χ2v) is 8.09. The van der Waals surface area contributed by atoms with Crippen molar-refractivity contribution in [3.63, 3.8) is 0 Å². The minimum Gasteiger partial charge on any atom is -0.483 e. The molecule has 4 rings (SSSR count). The molecule has 0 saturated carbocycles. The minimum atomic E-state index is -1.44. The Morgan fingerprint density at radius 1 is 1.24 bits per heavy atom. The fourth-order valence-corrected chi connectivity index (χ4v) is 3.24. The van der Waals surface area contributed by atoms with Gasteiger partial charge in [-0.2, -0.15) is 0 Å². The lowest BCUT2D eigenvalue weighted by molar-refractivity contribution is -0.0154. The van der Waals surface area contributed by atoms with E-state index in [1.807, 2.05) is 0 Å². The van der Waals surface area contributed by atoms with Crippen LogP contribution in [0.1, 0.15) is 48.4 Å². The topological polar surface area (TPSA) is 125 Å². The third-order valence-corrected chi connectivity index (χ3v) is 5.10. The van der Waals surface area contributed by atoms with Crippen molar-refractivity contribution in [1.29, 1.82) is 0 Å². The highest BCUT2D eigenvalue weighted by Gasteiger charge is 2.41. The van der Waals surface area contributed by atoms with Crippen LogP contribution >= 0.6 is 0 Å². The van der Waals surface area contributed by atoms with Crippen molar-refractivity contribution in [2.45, 2.75) is 32.4 Å². The number of benzene rings is 2. The number of hydrogen-bond donors (Lipinski definition) is 2. The van der Waals surface area contributed by atoms with Gasteiger partial charge < -0.3 is 14.2 Å². The maximum atomic E-state index is 13.2. The summed E-state index contributed by atoms with van der Waals surface area (Å²) < 4.78 is 17.4. The number of nitrogens with one attached hydrogen (secondary N) is 1. The molecule has 0 fully saturated rings. The van der Waals surface area contributed by atoms with Gasteiger partial charge in [0.2, 0.25) is 5.82 Å². The monoisotopic (exact) mass is 447 g/mol.